The fourth-order valence-corrected chi connectivity index (χ4v) is 5.29. The van der Waals surface area contributed by atoms with Gasteiger partial charge < -0.3 is 5.11 Å². The summed E-state index contributed by atoms with van der Waals surface area (Å²) in [5.41, 5.74) is -0.0405. The van der Waals surface area contributed by atoms with Crippen LogP contribution in [0.1, 0.15) is 89.5 Å². The lowest BCUT2D eigenvalue weighted by Crippen LogP contribution is -2.34. The van der Waals surface area contributed by atoms with E-state index >= 15 is 0 Å². The molecule has 0 saturated heterocycles. The second-order valence-electron chi connectivity index (χ2n) is 8.66. The van der Waals surface area contributed by atoms with E-state index in [4.69, 9.17) is 0 Å². The van der Waals surface area contributed by atoms with Crippen LogP contribution >= 0.6 is 0 Å². The molecule has 2 heteroatoms. The second kappa shape index (κ2) is 8.66. The van der Waals surface area contributed by atoms with Gasteiger partial charge in [0.2, 0.25) is 0 Å². The molecule has 0 radical (unpaired) electrons. The second-order valence-corrected chi connectivity index (χ2v) is 8.66. The van der Waals surface area contributed by atoms with Crippen LogP contribution in [0.3, 0.4) is 0 Å². The molecule has 25 heavy (non-hydrogen) atoms. The summed E-state index contributed by atoms with van der Waals surface area (Å²) < 4.78 is 13.5. The highest BCUT2D eigenvalue weighted by atomic mass is 19.1. The molecule has 0 heterocycles. The van der Waals surface area contributed by atoms with Gasteiger partial charge in [-0.2, -0.15) is 0 Å². The van der Waals surface area contributed by atoms with Crippen molar-refractivity contribution >= 4 is 0 Å². The molecule has 140 valence electrons. The maximum atomic E-state index is 13.5. The number of halogens is 1. The lowest BCUT2D eigenvalue weighted by atomic mass is 9.66. The van der Waals surface area contributed by atoms with Gasteiger partial charge in [0.25, 0.3) is 0 Å². The number of unbranched alkanes of at least 4 members (excludes halogenated alkanes) is 2. The maximum Gasteiger partial charge on any atom is 0.123 e. The summed E-state index contributed by atoms with van der Waals surface area (Å²) in [5, 5.41) is 11.0. The number of hydrogen-bond donors (Lipinski definition) is 1. The molecular formula is C23H35FO. The van der Waals surface area contributed by atoms with Crippen LogP contribution in [0.5, 0.6) is 0 Å². The lowest BCUT2D eigenvalue weighted by molar-refractivity contribution is -0.0262. The van der Waals surface area contributed by atoms with Crippen LogP contribution in [-0.4, -0.2) is 5.11 Å². The maximum absolute atomic E-state index is 13.5. The van der Waals surface area contributed by atoms with Gasteiger partial charge in [-0.05, 0) is 74.0 Å². The fraction of sp³-hybridized carbons (Fsp3) is 0.739. The first-order valence-electron chi connectivity index (χ1n) is 10.6. The highest BCUT2D eigenvalue weighted by Crippen LogP contribution is 2.46. The highest BCUT2D eigenvalue weighted by molar-refractivity contribution is 5.23. The van der Waals surface area contributed by atoms with Gasteiger partial charge in [-0.3, -0.25) is 0 Å². The van der Waals surface area contributed by atoms with Gasteiger partial charge in [0.1, 0.15) is 5.82 Å². The summed E-state index contributed by atoms with van der Waals surface area (Å²) in [6.07, 6.45) is 14.9. The van der Waals surface area contributed by atoms with Crippen molar-refractivity contribution in [1.82, 2.24) is 0 Å². The Morgan fingerprint density at radius 3 is 2.32 bits per heavy atom. The molecular weight excluding hydrogens is 311 g/mol. The number of benzene rings is 1. The average Bonchev–Trinajstić information content (AvgIpc) is 2.63. The van der Waals surface area contributed by atoms with Gasteiger partial charge >= 0.3 is 0 Å². The van der Waals surface area contributed by atoms with E-state index < -0.39 is 5.60 Å². The molecule has 2 aliphatic carbocycles. The van der Waals surface area contributed by atoms with E-state index in [-0.39, 0.29) is 5.82 Å². The van der Waals surface area contributed by atoms with Gasteiger partial charge in [-0.1, -0.05) is 57.6 Å². The van der Waals surface area contributed by atoms with Gasteiger partial charge in [0, 0.05) is 0 Å². The SMILES string of the molecule is CCCCCC1CCC(C2CCC(O)(c3cccc(F)c3)CC2)CC1. The Kier molecular flexibility index (Phi) is 6.55. The Bertz CT molecular complexity index is 525. The van der Waals surface area contributed by atoms with Crippen molar-refractivity contribution in [3.63, 3.8) is 0 Å². The standard InChI is InChI=1S/C23H35FO/c1-2-3-4-6-18-9-11-19(12-10-18)20-13-15-23(25,16-14-20)21-7-5-8-22(24)17-21/h5,7-8,17-20,25H,2-4,6,9-16H2,1H3. The first-order chi connectivity index (χ1) is 12.1. The lowest BCUT2D eigenvalue weighted by Gasteiger charge is -2.41. The van der Waals surface area contributed by atoms with Gasteiger partial charge in [-0.15, -0.1) is 0 Å². The minimum absolute atomic E-state index is 0.241. The predicted molar refractivity (Wildman–Crippen MR) is 102 cm³/mol. The Balaban J connectivity index is 1.47. The summed E-state index contributed by atoms with van der Waals surface area (Å²) >= 11 is 0. The monoisotopic (exact) mass is 346 g/mol. The molecule has 0 bridgehead atoms. The van der Waals surface area contributed by atoms with Crippen LogP contribution in [-0.2, 0) is 5.60 Å². The third-order valence-electron chi connectivity index (χ3n) is 6.99. The summed E-state index contributed by atoms with van der Waals surface area (Å²) in [6, 6.07) is 6.57. The third kappa shape index (κ3) is 4.84. The van der Waals surface area contributed by atoms with Crippen molar-refractivity contribution in [2.24, 2.45) is 17.8 Å². The first-order valence-corrected chi connectivity index (χ1v) is 10.6. The zero-order valence-corrected chi connectivity index (χ0v) is 15.9. The van der Waals surface area contributed by atoms with E-state index in [2.05, 4.69) is 6.92 Å². The van der Waals surface area contributed by atoms with Crippen molar-refractivity contribution in [1.29, 1.82) is 0 Å². The van der Waals surface area contributed by atoms with Crippen LogP contribution in [0.15, 0.2) is 24.3 Å². The third-order valence-corrected chi connectivity index (χ3v) is 6.99. The first kappa shape index (κ1) is 18.9. The molecule has 3 rings (SSSR count). The molecule has 0 spiro atoms. The quantitative estimate of drug-likeness (QED) is 0.576. The van der Waals surface area contributed by atoms with Gasteiger partial charge in [-0.25, -0.2) is 4.39 Å². The summed E-state index contributed by atoms with van der Waals surface area (Å²) in [6.45, 7) is 2.28. The van der Waals surface area contributed by atoms with E-state index in [1.807, 2.05) is 6.07 Å². The molecule has 0 aliphatic heterocycles. The molecule has 2 fully saturated rings. The van der Waals surface area contributed by atoms with Crippen molar-refractivity contribution in [3.05, 3.63) is 35.6 Å². The van der Waals surface area contributed by atoms with E-state index in [1.165, 1.54) is 63.5 Å². The topological polar surface area (TPSA) is 20.2 Å². The molecule has 0 atom stereocenters. The predicted octanol–water partition coefficient (Wildman–Crippen LogP) is 6.59. The molecule has 0 amide bonds. The average molecular weight is 347 g/mol. The molecule has 1 aromatic rings. The Hall–Kier alpha value is -0.890. The van der Waals surface area contributed by atoms with Crippen LogP contribution in [0.2, 0.25) is 0 Å². The molecule has 1 nitrogen and oxygen atoms in total. The summed E-state index contributed by atoms with van der Waals surface area (Å²) in [7, 11) is 0. The summed E-state index contributed by atoms with van der Waals surface area (Å²) in [4.78, 5) is 0. The van der Waals surface area contributed by atoms with Crippen molar-refractivity contribution < 1.29 is 9.50 Å². The highest BCUT2D eigenvalue weighted by Gasteiger charge is 2.38. The largest absolute Gasteiger partial charge is 0.385 e. The normalized spacial score (nSPS) is 33.3. The van der Waals surface area contributed by atoms with Crippen LogP contribution in [0.4, 0.5) is 4.39 Å². The molecule has 1 aromatic carbocycles. The fourth-order valence-electron chi connectivity index (χ4n) is 5.29. The molecule has 1 N–H and O–H groups in total. The van der Waals surface area contributed by atoms with Crippen LogP contribution < -0.4 is 0 Å². The number of rotatable bonds is 6. The molecule has 0 unspecified atom stereocenters. The molecule has 2 saturated carbocycles. The minimum Gasteiger partial charge on any atom is -0.385 e. The van der Waals surface area contributed by atoms with Crippen molar-refractivity contribution in [2.45, 2.75) is 89.6 Å². The Morgan fingerprint density at radius 1 is 1.00 bits per heavy atom. The zero-order chi connectivity index (χ0) is 17.7. The molecule has 2 aliphatic rings. The Labute approximate surface area is 153 Å². The van der Waals surface area contributed by atoms with Crippen LogP contribution in [0.25, 0.3) is 0 Å². The minimum atomic E-state index is -0.810. The zero-order valence-electron chi connectivity index (χ0n) is 15.9. The van der Waals surface area contributed by atoms with Crippen LogP contribution in [0, 0.1) is 23.6 Å². The molecule has 0 aromatic heterocycles. The van der Waals surface area contributed by atoms with E-state index in [0.29, 0.717) is 0 Å². The Morgan fingerprint density at radius 2 is 1.68 bits per heavy atom. The summed E-state index contributed by atoms with van der Waals surface area (Å²) in [5.74, 6) is 2.36. The number of aliphatic hydroxyl groups is 1. The smallest absolute Gasteiger partial charge is 0.123 e. The van der Waals surface area contributed by atoms with Crippen molar-refractivity contribution in [3.8, 4) is 0 Å². The van der Waals surface area contributed by atoms with Gasteiger partial charge in [0.15, 0.2) is 0 Å². The van der Waals surface area contributed by atoms with E-state index in [1.54, 1.807) is 6.07 Å². The van der Waals surface area contributed by atoms with E-state index in [0.717, 1.165) is 49.0 Å². The van der Waals surface area contributed by atoms with Crippen molar-refractivity contribution in [2.75, 3.05) is 0 Å². The van der Waals surface area contributed by atoms with Gasteiger partial charge in [0.05, 0.1) is 5.60 Å². The van der Waals surface area contributed by atoms with E-state index in [9.17, 15) is 9.50 Å². The number of hydrogen-bond acceptors (Lipinski definition) is 1.